The van der Waals surface area contributed by atoms with Crippen LogP contribution in [-0.2, 0) is 9.47 Å². The third-order valence-corrected chi connectivity index (χ3v) is 2.65. The summed E-state index contributed by atoms with van der Waals surface area (Å²) in [7, 11) is 0. The van der Waals surface area contributed by atoms with Gasteiger partial charge in [0.2, 0.25) is 0 Å². The zero-order valence-corrected chi connectivity index (χ0v) is 8.13. The van der Waals surface area contributed by atoms with E-state index in [1.54, 1.807) is 11.8 Å². The maximum absolute atomic E-state index is 5.40. The standard InChI is InChI=1S/C10H12O2S/c1-2-4-10(5-3-1)13-8-11-6-9-7-12-9/h1-5,9H,6-8H2. The molecule has 2 rings (SSSR count). The van der Waals surface area contributed by atoms with Crippen molar-refractivity contribution in [3.05, 3.63) is 30.3 Å². The molecule has 0 bridgehead atoms. The first kappa shape index (κ1) is 9.06. The fourth-order valence-electron chi connectivity index (χ4n) is 0.970. The highest BCUT2D eigenvalue weighted by molar-refractivity contribution is 7.99. The monoisotopic (exact) mass is 196 g/mol. The van der Waals surface area contributed by atoms with Crippen molar-refractivity contribution in [1.82, 2.24) is 0 Å². The average molecular weight is 196 g/mol. The molecule has 1 heterocycles. The molecule has 13 heavy (non-hydrogen) atoms. The topological polar surface area (TPSA) is 21.8 Å². The molecule has 0 radical (unpaired) electrons. The van der Waals surface area contributed by atoms with Gasteiger partial charge >= 0.3 is 0 Å². The Morgan fingerprint density at radius 3 is 2.85 bits per heavy atom. The summed E-state index contributed by atoms with van der Waals surface area (Å²) in [5, 5.41) is 0. The summed E-state index contributed by atoms with van der Waals surface area (Å²) in [5.41, 5.74) is 0. The summed E-state index contributed by atoms with van der Waals surface area (Å²) in [4.78, 5) is 1.25. The van der Waals surface area contributed by atoms with Crippen molar-refractivity contribution in [2.45, 2.75) is 11.0 Å². The highest BCUT2D eigenvalue weighted by Gasteiger charge is 2.21. The third kappa shape index (κ3) is 3.38. The zero-order chi connectivity index (χ0) is 8.93. The van der Waals surface area contributed by atoms with Crippen LogP contribution in [0.2, 0.25) is 0 Å². The Balaban J connectivity index is 1.61. The molecule has 1 unspecified atom stereocenters. The maximum atomic E-state index is 5.40. The number of thioether (sulfide) groups is 1. The van der Waals surface area contributed by atoms with E-state index in [2.05, 4.69) is 12.1 Å². The van der Waals surface area contributed by atoms with Crippen LogP contribution in [0, 0.1) is 0 Å². The first-order valence-electron chi connectivity index (χ1n) is 4.32. The highest BCUT2D eigenvalue weighted by Crippen LogP contribution is 2.17. The van der Waals surface area contributed by atoms with Gasteiger partial charge in [0, 0.05) is 4.90 Å². The molecule has 0 aliphatic carbocycles. The highest BCUT2D eigenvalue weighted by atomic mass is 32.2. The van der Waals surface area contributed by atoms with Crippen LogP contribution in [0.5, 0.6) is 0 Å². The molecule has 1 atom stereocenters. The maximum Gasteiger partial charge on any atom is 0.104 e. The van der Waals surface area contributed by atoms with Crippen molar-refractivity contribution < 1.29 is 9.47 Å². The van der Waals surface area contributed by atoms with Gasteiger partial charge in [-0.2, -0.15) is 0 Å². The van der Waals surface area contributed by atoms with Crippen LogP contribution in [0.15, 0.2) is 35.2 Å². The van der Waals surface area contributed by atoms with Crippen molar-refractivity contribution in [2.75, 3.05) is 19.2 Å². The smallest absolute Gasteiger partial charge is 0.104 e. The van der Waals surface area contributed by atoms with E-state index in [1.165, 1.54) is 4.90 Å². The predicted octanol–water partition coefficient (Wildman–Crippen LogP) is 2.15. The van der Waals surface area contributed by atoms with Gasteiger partial charge in [0.1, 0.15) is 6.10 Å². The van der Waals surface area contributed by atoms with E-state index in [9.17, 15) is 0 Å². The van der Waals surface area contributed by atoms with E-state index in [0.717, 1.165) is 13.2 Å². The van der Waals surface area contributed by atoms with Gasteiger partial charge in [0.25, 0.3) is 0 Å². The Hall–Kier alpha value is -0.510. The number of epoxide rings is 1. The Morgan fingerprint density at radius 2 is 2.15 bits per heavy atom. The molecule has 70 valence electrons. The quantitative estimate of drug-likeness (QED) is 0.312. The lowest BCUT2D eigenvalue weighted by molar-refractivity contribution is 0.158. The number of rotatable bonds is 5. The minimum atomic E-state index is 0.372. The van der Waals surface area contributed by atoms with Crippen molar-refractivity contribution in [1.29, 1.82) is 0 Å². The van der Waals surface area contributed by atoms with Gasteiger partial charge in [0.15, 0.2) is 0 Å². The summed E-state index contributed by atoms with van der Waals surface area (Å²) in [6.07, 6.45) is 0.372. The zero-order valence-electron chi connectivity index (χ0n) is 7.31. The van der Waals surface area contributed by atoms with Gasteiger partial charge in [-0.05, 0) is 12.1 Å². The lowest BCUT2D eigenvalue weighted by atomic mass is 10.4. The fraction of sp³-hybridized carbons (Fsp3) is 0.400. The Morgan fingerprint density at radius 1 is 1.38 bits per heavy atom. The molecule has 1 aromatic carbocycles. The van der Waals surface area contributed by atoms with Crippen molar-refractivity contribution in [3.8, 4) is 0 Å². The predicted molar refractivity (Wildman–Crippen MR) is 52.9 cm³/mol. The van der Waals surface area contributed by atoms with E-state index >= 15 is 0 Å². The molecule has 1 aromatic rings. The SMILES string of the molecule is c1ccc(SCOCC2CO2)cc1. The molecule has 0 aromatic heterocycles. The molecule has 0 spiro atoms. The van der Waals surface area contributed by atoms with E-state index in [0.29, 0.717) is 12.0 Å². The number of benzene rings is 1. The Bertz CT molecular complexity index is 246. The first-order valence-corrected chi connectivity index (χ1v) is 5.31. The molecule has 0 N–H and O–H groups in total. The molecule has 1 aliphatic heterocycles. The second kappa shape index (κ2) is 4.65. The summed E-state index contributed by atoms with van der Waals surface area (Å²) in [6.45, 7) is 1.61. The molecule has 0 saturated carbocycles. The van der Waals surface area contributed by atoms with Crippen LogP contribution in [0.25, 0.3) is 0 Å². The fourth-order valence-corrected chi connectivity index (χ4v) is 1.64. The molecular formula is C10H12O2S. The van der Waals surface area contributed by atoms with E-state index < -0.39 is 0 Å². The largest absolute Gasteiger partial charge is 0.371 e. The Kier molecular flexibility index (Phi) is 3.24. The number of ether oxygens (including phenoxy) is 2. The molecule has 0 amide bonds. The molecule has 1 aliphatic rings. The normalized spacial score (nSPS) is 20.2. The van der Waals surface area contributed by atoms with Gasteiger partial charge in [-0.25, -0.2) is 0 Å². The summed E-state index contributed by atoms with van der Waals surface area (Å²) >= 11 is 1.71. The minimum Gasteiger partial charge on any atom is -0.371 e. The van der Waals surface area contributed by atoms with E-state index in [1.807, 2.05) is 18.2 Å². The summed E-state index contributed by atoms with van der Waals surface area (Å²) in [6, 6.07) is 10.3. The molecule has 1 fully saturated rings. The van der Waals surface area contributed by atoms with Crippen LogP contribution in [-0.4, -0.2) is 25.3 Å². The third-order valence-electron chi connectivity index (χ3n) is 1.76. The molecular weight excluding hydrogens is 184 g/mol. The molecule has 3 heteroatoms. The van der Waals surface area contributed by atoms with Crippen LogP contribution >= 0.6 is 11.8 Å². The van der Waals surface area contributed by atoms with Crippen molar-refractivity contribution >= 4 is 11.8 Å². The lowest BCUT2D eigenvalue weighted by Gasteiger charge is -2.01. The Labute approximate surface area is 82.2 Å². The summed E-state index contributed by atoms with van der Waals surface area (Å²) in [5.74, 6) is 0.712. The van der Waals surface area contributed by atoms with Crippen LogP contribution < -0.4 is 0 Å². The lowest BCUT2D eigenvalue weighted by Crippen LogP contribution is -1.99. The average Bonchev–Trinajstić information content (AvgIpc) is 2.98. The van der Waals surface area contributed by atoms with Gasteiger partial charge in [-0.15, -0.1) is 0 Å². The van der Waals surface area contributed by atoms with E-state index in [4.69, 9.17) is 9.47 Å². The molecule has 1 saturated heterocycles. The van der Waals surface area contributed by atoms with Gasteiger partial charge in [-0.3, -0.25) is 0 Å². The van der Waals surface area contributed by atoms with Crippen LogP contribution in [0.3, 0.4) is 0 Å². The van der Waals surface area contributed by atoms with Gasteiger partial charge in [-0.1, -0.05) is 30.0 Å². The first-order chi connectivity index (χ1) is 6.45. The van der Waals surface area contributed by atoms with Crippen molar-refractivity contribution in [2.24, 2.45) is 0 Å². The number of hydrogen-bond donors (Lipinski definition) is 0. The van der Waals surface area contributed by atoms with Crippen LogP contribution in [0.4, 0.5) is 0 Å². The van der Waals surface area contributed by atoms with E-state index in [-0.39, 0.29) is 0 Å². The number of hydrogen-bond acceptors (Lipinski definition) is 3. The van der Waals surface area contributed by atoms with Gasteiger partial charge in [0.05, 0.1) is 19.2 Å². The second-order valence-corrected chi connectivity index (χ2v) is 3.90. The van der Waals surface area contributed by atoms with Gasteiger partial charge < -0.3 is 9.47 Å². The second-order valence-electron chi connectivity index (χ2n) is 2.90. The molecule has 2 nitrogen and oxygen atoms in total. The minimum absolute atomic E-state index is 0.372. The van der Waals surface area contributed by atoms with Crippen LogP contribution in [0.1, 0.15) is 0 Å². The van der Waals surface area contributed by atoms with Crippen molar-refractivity contribution in [3.63, 3.8) is 0 Å². The summed E-state index contributed by atoms with van der Waals surface area (Å²) < 4.78 is 10.4.